The molecule has 2 aromatic carbocycles. The number of para-hydroxylation sites is 1. The molecule has 5 heteroatoms. The van der Waals surface area contributed by atoms with Crippen molar-refractivity contribution < 1.29 is 0 Å². The van der Waals surface area contributed by atoms with Gasteiger partial charge in [0, 0.05) is 40.5 Å². The van der Waals surface area contributed by atoms with Crippen molar-refractivity contribution in [3.05, 3.63) is 128 Å². The van der Waals surface area contributed by atoms with Crippen LogP contribution in [-0.2, 0) is 0 Å². The van der Waals surface area contributed by atoms with Gasteiger partial charge in [-0.15, -0.1) is 0 Å². The lowest BCUT2D eigenvalue weighted by molar-refractivity contribution is 1.08. The van der Waals surface area contributed by atoms with Crippen LogP contribution in [-0.4, -0.2) is 24.5 Å². The Bertz CT molecular complexity index is 1840. The second kappa shape index (κ2) is 8.81. The standard InChI is InChI=1S/C32H21N5/c1-2-10-23(22(9-1)26-12-5-6-19-34-26)27-13-7-14-28(35-27)29-15-8-17-32(36-29)37-30-16-4-3-11-24(30)25-21-33-20-18-31(25)37/h1-21H. The number of pyridine rings is 4. The highest BCUT2D eigenvalue weighted by Crippen LogP contribution is 2.33. The maximum atomic E-state index is 5.07. The van der Waals surface area contributed by atoms with E-state index in [0.717, 1.165) is 61.5 Å². The first-order valence-electron chi connectivity index (χ1n) is 12.2. The molecule has 0 bridgehead atoms. The third-order valence-electron chi connectivity index (χ3n) is 6.59. The van der Waals surface area contributed by atoms with Crippen molar-refractivity contribution in [1.82, 2.24) is 24.5 Å². The molecular weight excluding hydrogens is 454 g/mol. The van der Waals surface area contributed by atoms with Gasteiger partial charge in [0.15, 0.2) is 0 Å². The van der Waals surface area contributed by atoms with Crippen LogP contribution in [0.4, 0.5) is 0 Å². The van der Waals surface area contributed by atoms with Crippen molar-refractivity contribution >= 4 is 21.8 Å². The van der Waals surface area contributed by atoms with Crippen molar-refractivity contribution in [3.63, 3.8) is 0 Å². The summed E-state index contributed by atoms with van der Waals surface area (Å²) in [6.45, 7) is 0. The Labute approximate surface area is 213 Å². The fraction of sp³-hybridized carbons (Fsp3) is 0. The summed E-state index contributed by atoms with van der Waals surface area (Å²) in [6.07, 6.45) is 5.56. The number of aromatic nitrogens is 5. The maximum Gasteiger partial charge on any atom is 0.138 e. The maximum absolute atomic E-state index is 5.07. The topological polar surface area (TPSA) is 56.5 Å². The van der Waals surface area contributed by atoms with Gasteiger partial charge < -0.3 is 0 Å². The monoisotopic (exact) mass is 475 g/mol. The van der Waals surface area contributed by atoms with Crippen molar-refractivity contribution in [1.29, 1.82) is 0 Å². The molecule has 174 valence electrons. The Kier molecular flexibility index (Phi) is 5.03. The number of benzene rings is 2. The first-order valence-corrected chi connectivity index (χ1v) is 12.2. The van der Waals surface area contributed by atoms with E-state index in [-0.39, 0.29) is 0 Å². The molecule has 0 saturated heterocycles. The molecule has 0 fully saturated rings. The summed E-state index contributed by atoms with van der Waals surface area (Å²) in [5.74, 6) is 0.844. The Hall–Kier alpha value is -5.16. The highest BCUT2D eigenvalue weighted by molar-refractivity contribution is 6.08. The molecule has 0 radical (unpaired) electrons. The van der Waals surface area contributed by atoms with Gasteiger partial charge in [0.25, 0.3) is 0 Å². The van der Waals surface area contributed by atoms with Gasteiger partial charge in [0.1, 0.15) is 5.82 Å². The molecule has 7 rings (SSSR count). The van der Waals surface area contributed by atoms with Crippen LogP contribution in [0.25, 0.3) is 61.5 Å². The molecule has 0 spiro atoms. The highest BCUT2D eigenvalue weighted by atomic mass is 15.1. The molecule has 7 aromatic rings. The molecular formula is C32H21N5. The second-order valence-electron chi connectivity index (χ2n) is 8.80. The van der Waals surface area contributed by atoms with Crippen LogP contribution in [0.2, 0.25) is 0 Å². The van der Waals surface area contributed by atoms with Gasteiger partial charge >= 0.3 is 0 Å². The lowest BCUT2D eigenvalue weighted by Gasteiger charge is -2.11. The van der Waals surface area contributed by atoms with Crippen molar-refractivity contribution in [2.45, 2.75) is 0 Å². The quantitative estimate of drug-likeness (QED) is 0.267. The van der Waals surface area contributed by atoms with E-state index in [2.05, 4.69) is 50.9 Å². The molecule has 0 unspecified atom stereocenters. The molecule has 37 heavy (non-hydrogen) atoms. The zero-order chi connectivity index (χ0) is 24.6. The molecule has 5 nitrogen and oxygen atoms in total. The van der Waals surface area contributed by atoms with E-state index in [4.69, 9.17) is 9.97 Å². The van der Waals surface area contributed by atoms with Gasteiger partial charge in [0.2, 0.25) is 0 Å². The Balaban J connectivity index is 1.36. The van der Waals surface area contributed by atoms with Crippen LogP contribution in [0.15, 0.2) is 128 Å². The second-order valence-corrected chi connectivity index (χ2v) is 8.80. The minimum atomic E-state index is 0.814. The van der Waals surface area contributed by atoms with Crippen molar-refractivity contribution in [2.24, 2.45) is 0 Å². The average molecular weight is 476 g/mol. The van der Waals surface area contributed by atoms with Crippen LogP contribution in [0, 0.1) is 0 Å². The summed E-state index contributed by atoms with van der Waals surface area (Å²) in [5, 5.41) is 2.26. The van der Waals surface area contributed by atoms with Crippen LogP contribution in [0.1, 0.15) is 0 Å². The summed E-state index contributed by atoms with van der Waals surface area (Å²) in [4.78, 5) is 19.0. The minimum absolute atomic E-state index is 0.814. The summed E-state index contributed by atoms with van der Waals surface area (Å²) in [6, 6.07) is 36.8. The molecule has 0 atom stereocenters. The largest absolute Gasteiger partial charge is 0.294 e. The van der Waals surface area contributed by atoms with Gasteiger partial charge in [-0.25, -0.2) is 9.97 Å². The van der Waals surface area contributed by atoms with Crippen molar-refractivity contribution in [2.75, 3.05) is 0 Å². The molecule has 0 N–H and O–H groups in total. The fourth-order valence-corrected chi connectivity index (χ4v) is 4.93. The summed E-state index contributed by atoms with van der Waals surface area (Å²) in [5.41, 5.74) is 7.70. The minimum Gasteiger partial charge on any atom is -0.294 e. The lowest BCUT2D eigenvalue weighted by atomic mass is 10.0. The highest BCUT2D eigenvalue weighted by Gasteiger charge is 2.14. The van der Waals surface area contributed by atoms with E-state index in [1.807, 2.05) is 91.4 Å². The number of hydrogen-bond acceptors (Lipinski definition) is 4. The van der Waals surface area contributed by atoms with E-state index in [0.29, 0.717) is 0 Å². The van der Waals surface area contributed by atoms with Crippen molar-refractivity contribution in [3.8, 4) is 39.7 Å². The molecule has 5 aromatic heterocycles. The van der Waals surface area contributed by atoms with Crippen LogP contribution >= 0.6 is 0 Å². The molecule has 0 aliphatic rings. The summed E-state index contributed by atoms with van der Waals surface area (Å²) >= 11 is 0. The molecule has 0 saturated carbocycles. The van der Waals surface area contributed by atoms with E-state index in [9.17, 15) is 0 Å². The fourth-order valence-electron chi connectivity index (χ4n) is 4.93. The predicted octanol–water partition coefficient (Wildman–Crippen LogP) is 7.36. The van der Waals surface area contributed by atoms with E-state index in [1.165, 1.54) is 0 Å². The number of hydrogen-bond donors (Lipinski definition) is 0. The summed E-state index contributed by atoms with van der Waals surface area (Å²) < 4.78 is 2.19. The van der Waals surface area contributed by atoms with Crippen LogP contribution in [0.5, 0.6) is 0 Å². The smallest absolute Gasteiger partial charge is 0.138 e. The van der Waals surface area contributed by atoms with Gasteiger partial charge in [-0.1, -0.05) is 60.7 Å². The zero-order valence-electron chi connectivity index (χ0n) is 19.9. The normalized spacial score (nSPS) is 11.2. The van der Waals surface area contributed by atoms with E-state index < -0.39 is 0 Å². The van der Waals surface area contributed by atoms with Crippen LogP contribution in [0.3, 0.4) is 0 Å². The van der Waals surface area contributed by atoms with Gasteiger partial charge in [-0.05, 0) is 48.5 Å². The number of fused-ring (bicyclic) bond motifs is 3. The summed E-state index contributed by atoms with van der Waals surface area (Å²) in [7, 11) is 0. The van der Waals surface area contributed by atoms with Gasteiger partial charge in [-0.2, -0.15) is 0 Å². The first-order chi connectivity index (χ1) is 18.4. The lowest BCUT2D eigenvalue weighted by Crippen LogP contribution is -1.99. The third kappa shape index (κ3) is 3.65. The predicted molar refractivity (Wildman–Crippen MR) is 148 cm³/mol. The Morgan fingerprint density at radius 1 is 0.459 bits per heavy atom. The average Bonchev–Trinajstić information content (AvgIpc) is 3.32. The van der Waals surface area contributed by atoms with Crippen LogP contribution < -0.4 is 0 Å². The third-order valence-corrected chi connectivity index (χ3v) is 6.59. The zero-order valence-corrected chi connectivity index (χ0v) is 19.9. The van der Waals surface area contributed by atoms with E-state index >= 15 is 0 Å². The Morgan fingerprint density at radius 3 is 2.00 bits per heavy atom. The van der Waals surface area contributed by atoms with E-state index in [1.54, 1.807) is 0 Å². The molecule has 0 aliphatic carbocycles. The SMILES string of the molecule is c1ccc(-c2ccccc2-c2cccc(-c3cccc(-n4c5ccccc5c5cnccc54)n3)n2)nc1. The molecule has 0 amide bonds. The number of nitrogens with zero attached hydrogens (tertiary/aromatic N) is 5. The molecule has 5 heterocycles. The van der Waals surface area contributed by atoms with Gasteiger partial charge in [-0.3, -0.25) is 14.5 Å². The van der Waals surface area contributed by atoms with Gasteiger partial charge in [0.05, 0.1) is 33.8 Å². The molecule has 0 aliphatic heterocycles. The first kappa shape index (κ1) is 21.1. The Morgan fingerprint density at radius 2 is 1.14 bits per heavy atom. The number of rotatable bonds is 4.